The highest BCUT2D eigenvalue weighted by Crippen LogP contribution is 2.20. The van der Waals surface area contributed by atoms with E-state index in [1.165, 1.54) is 6.33 Å². The van der Waals surface area contributed by atoms with Gasteiger partial charge in [-0.15, -0.1) is 0 Å². The van der Waals surface area contributed by atoms with Crippen molar-refractivity contribution in [2.75, 3.05) is 32.2 Å². The number of methoxy groups -OCH3 is 1. The maximum absolute atomic E-state index is 9.16. The second-order valence-electron chi connectivity index (χ2n) is 3.56. The van der Waals surface area contributed by atoms with Crippen molar-refractivity contribution < 1.29 is 14.6 Å². The molecule has 0 saturated heterocycles. The predicted octanol–water partition coefficient (Wildman–Crippen LogP) is 0.603. The van der Waals surface area contributed by atoms with Crippen molar-refractivity contribution in [3.8, 4) is 5.88 Å². The first-order chi connectivity index (χ1) is 8.22. The monoisotopic (exact) mass is 241 g/mol. The van der Waals surface area contributed by atoms with Crippen LogP contribution in [0, 0.1) is 6.92 Å². The zero-order chi connectivity index (χ0) is 12.7. The van der Waals surface area contributed by atoms with E-state index in [0.717, 1.165) is 5.56 Å². The fourth-order valence-corrected chi connectivity index (χ4v) is 1.40. The van der Waals surface area contributed by atoms with Crippen LogP contribution in [0.3, 0.4) is 0 Å². The Balaban J connectivity index is 2.79. The van der Waals surface area contributed by atoms with Crippen molar-refractivity contribution in [2.45, 2.75) is 19.9 Å². The van der Waals surface area contributed by atoms with Gasteiger partial charge in [0.25, 0.3) is 0 Å². The molecule has 0 spiro atoms. The Kier molecular flexibility index (Phi) is 5.65. The van der Waals surface area contributed by atoms with Crippen molar-refractivity contribution in [1.82, 2.24) is 9.97 Å². The average molecular weight is 241 g/mol. The van der Waals surface area contributed by atoms with E-state index in [0.29, 0.717) is 24.9 Å². The van der Waals surface area contributed by atoms with Crippen LogP contribution in [0.4, 0.5) is 5.82 Å². The molecule has 6 heteroatoms. The van der Waals surface area contributed by atoms with Gasteiger partial charge in [-0.05, 0) is 13.8 Å². The van der Waals surface area contributed by atoms with Crippen LogP contribution < -0.4 is 10.1 Å². The van der Waals surface area contributed by atoms with Crippen molar-refractivity contribution in [3.05, 3.63) is 11.9 Å². The Labute approximate surface area is 101 Å². The van der Waals surface area contributed by atoms with Gasteiger partial charge in [-0.25, -0.2) is 9.97 Å². The molecule has 0 aromatic carbocycles. The number of aliphatic hydroxyl groups excluding tert-OH is 1. The summed E-state index contributed by atoms with van der Waals surface area (Å²) in [6.07, 6.45) is 1.43. The van der Waals surface area contributed by atoms with Crippen LogP contribution in [0.5, 0.6) is 5.88 Å². The fourth-order valence-electron chi connectivity index (χ4n) is 1.40. The first-order valence-electron chi connectivity index (χ1n) is 5.53. The normalized spacial score (nSPS) is 12.2. The van der Waals surface area contributed by atoms with E-state index in [2.05, 4.69) is 15.3 Å². The molecule has 0 radical (unpaired) electrons. The quantitative estimate of drug-likeness (QED) is 0.728. The van der Waals surface area contributed by atoms with Gasteiger partial charge in [-0.2, -0.15) is 0 Å². The molecule has 1 atom stereocenters. The molecule has 0 aliphatic carbocycles. The summed E-state index contributed by atoms with van der Waals surface area (Å²) in [5, 5.41) is 12.3. The standard InChI is InChI=1S/C11H19N3O3/c1-4-17-11-8(2)10(12-7-13-11)14-9(5-15)6-16-3/h7,9,15H,4-6H2,1-3H3,(H,12,13,14). The zero-order valence-electron chi connectivity index (χ0n) is 10.4. The molecule has 1 unspecified atom stereocenters. The molecule has 6 nitrogen and oxygen atoms in total. The molecule has 0 aliphatic rings. The number of anilines is 1. The summed E-state index contributed by atoms with van der Waals surface area (Å²) in [7, 11) is 1.59. The van der Waals surface area contributed by atoms with Gasteiger partial charge in [-0.3, -0.25) is 0 Å². The Morgan fingerprint density at radius 1 is 1.47 bits per heavy atom. The Morgan fingerprint density at radius 3 is 2.82 bits per heavy atom. The highest BCUT2D eigenvalue weighted by Gasteiger charge is 2.12. The molecule has 1 rings (SSSR count). The van der Waals surface area contributed by atoms with Gasteiger partial charge in [0, 0.05) is 7.11 Å². The Morgan fingerprint density at radius 2 is 2.24 bits per heavy atom. The van der Waals surface area contributed by atoms with Crippen LogP contribution in [0.2, 0.25) is 0 Å². The molecular formula is C11H19N3O3. The minimum absolute atomic E-state index is 0.0265. The van der Waals surface area contributed by atoms with E-state index >= 15 is 0 Å². The molecule has 2 N–H and O–H groups in total. The molecule has 1 heterocycles. The van der Waals surface area contributed by atoms with Crippen molar-refractivity contribution in [1.29, 1.82) is 0 Å². The molecule has 0 amide bonds. The summed E-state index contributed by atoms with van der Waals surface area (Å²) in [5.74, 6) is 1.21. The SMILES string of the molecule is CCOc1ncnc(NC(CO)COC)c1C. The molecular weight excluding hydrogens is 222 g/mol. The van der Waals surface area contributed by atoms with Crippen LogP contribution in [0.1, 0.15) is 12.5 Å². The molecule has 17 heavy (non-hydrogen) atoms. The molecule has 0 bridgehead atoms. The number of rotatable bonds is 7. The molecule has 1 aromatic rings. The van der Waals surface area contributed by atoms with Gasteiger partial charge in [0.2, 0.25) is 5.88 Å². The van der Waals surface area contributed by atoms with E-state index in [1.54, 1.807) is 7.11 Å². The van der Waals surface area contributed by atoms with E-state index in [-0.39, 0.29) is 12.6 Å². The van der Waals surface area contributed by atoms with E-state index in [4.69, 9.17) is 14.6 Å². The highest BCUT2D eigenvalue weighted by molar-refractivity contribution is 5.48. The third-order valence-electron chi connectivity index (χ3n) is 2.25. The minimum Gasteiger partial charge on any atom is -0.478 e. The van der Waals surface area contributed by atoms with E-state index in [9.17, 15) is 0 Å². The molecule has 1 aromatic heterocycles. The van der Waals surface area contributed by atoms with Crippen LogP contribution in [0.25, 0.3) is 0 Å². The predicted molar refractivity (Wildman–Crippen MR) is 64.3 cm³/mol. The number of aliphatic hydroxyl groups is 1. The Hall–Kier alpha value is -1.40. The largest absolute Gasteiger partial charge is 0.478 e. The van der Waals surface area contributed by atoms with E-state index in [1.807, 2.05) is 13.8 Å². The summed E-state index contributed by atoms with van der Waals surface area (Å²) < 4.78 is 10.4. The van der Waals surface area contributed by atoms with Gasteiger partial charge in [0.05, 0.1) is 31.4 Å². The number of hydrogen-bond acceptors (Lipinski definition) is 6. The fraction of sp³-hybridized carbons (Fsp3) is 0.636. The lowest BCUT2D eigenvalue weighted by atomic mass is 10.3. The number of hydrogen-bond donors (Lipinski definition) is 2. The zero-order valence-corrected chi connectivity index (χ0v) is 10.4. The lowest BCUT2D eigenvalue weighted by Gasteiger charge is -2.17. The number of aromatic nitrogens is 2. The van der Waals surface area contributed by atoms with Crippen LogP contribution in [-0.2, 0) is 4.74 Å². The minimum atomic E-state index is -0.192. The summed E-state index contributed by atoms with van der Waals surface area (Å²) in [6, 6.07) is -0.192. The Bertz CT molecular complexity index is 347. The second kappa shape index (κ2) is 7.03. The van der Waals surface area contributed by atoms with Gasteiger partial charge >= 0.3 is 0 Å². The van der Waals surface area contributed by atoms with Crippen molar-refractivity contribution >= 4 is 5.82 Å². The van der Waals surface area contributed by atoms with Gasteiger partial charge in [0.15, 0.2) is 0 Å². The van der Waals surface area contributed by atoms with Crippen molar-refractivity contribution in [2.24, 2.45) is 0 Å². The summed E-state index contributed by atoms with van der Waals surface area (Å²) >= 11 is 0. The smallest absolute Gasteiger partial charge is 0.221 e. The number of nitrogens with zero attached hydrogens (tertiary/aromatic N) is 2. The summed E-state index contributed by atoms with van der Waals surface area (Å²) in [6.45, 7) is 4.70. The summed E-state index contributed by atoms with van der Waals surface area (Å²) in [5.41, 5.74) is 0.823. The lowest BCUT2D eigenvalue weighted by Crippen LogP contribution is -2.29. The third-order valence-corrected chi connectivity index (χ3v) is 2.25. The van der Waals surface area contributed by atoms with Crippen LogP contribution in [-0.4, -0.2) is 48.0 Å². The molecule has 0 aliphatic heterocycles. The topological polar surface area (TPSA) is 76.5 Å². The van der Waals surface area contributed by atoms with Crippen LogP contribution in [0.15, 0.2) is 6.33 Å². The maximum Gasteiger partial charge on any atom is 0.221 e. The lowest BCUT2D eigenvalue weighted by molar-refractivity contribution is 0.153. The first kappa shape index (κ1) is 13.7. The van der Waals surface area contributed by atoms with E-state index < -0.39 is 0 Å². The molecule has 96 valence electrons. The van der Waals surface area contributed by atoms with Gasteiger partial charge in [-0.1, -0.05) is 0 Å². The average Bonchev–Trinajstić information content (AvgIpc) is 2.33. The van der Waals surface area contributed by atoms with Gasteiger partial charge < -0.3 is 19.9 Å². The van der Waals surface area contributed by atoms with Crippen LogP contribution >= 0.6 is 0 Å². The maximum atomic E-state index is 9.16. The molecule has 0 fully saturated rings. The van der Waals surface area contributed by atoms with Gasteiger partial charge in [0.1, 0.15) is 12.1 Å². The first-order valence-corrected chi connectivity index (χ1v) is 5.53. The number of ether oxygens (including phenoxy) is 2. The molecule has 0 saturated carbocycles. The summed E-state index contributed by atoms with van der Waals surface area (Å²) in [4.78, 5) is 8.16. The second-order valence-corrected chi connectivity index (χ2v) is 3.56. The third kappa shape index (κ3) is 3.83. The highest BCUT2D eigenvalue weighted by atomic mass is 16.5. The van der Waals surface area contributed by atoms with Crippen molar-refractivity contribution in [3.63, 3.8) is 0 Å². The number of nitrogens with one attached hydrogen (secondary N) is 1.